The molecule has 0 aliphatic carbocycles. The number of halogens is 1. The predicted molar refractivity (Wildman–Crippen MR) is 74.0 cm³/mol. The van der Waals surface area contributed by atoms with Gasteiger partial charge in [0.1, 0.15) is 0 Å². The van der Waals surface area contributed by atoms with Crippen LogP contribution in [0.4, 0.5) is 0 Å². The van der Waals surface area contributed by atoms with Crippen LogP contribution in [0.2, 0.25) is 5.02 Å². The van der Waals surface area contributed by atoms with E-state index in [-0.39, 0.29) is 11.8 Å². The Hall–Kier alpha value is -1.39. The third kappa shape index (κ3) is 3.14. The number of aliphatic hydroxyl groups excluding tert-OH is 1. The zero-order valence-electron chi connectivity index (χ0n) is 11.2. The van der Waals surface area contributed by atoms with Crippen LogP contribution in [0.1, 0.15) is 32.6 Å². The van der Waals surface area contributed by atoms with Crippen molar-refractivity contribution in [2.45, 2.75) is 32.8 Å². The summed E-state index contributed by atoms with van der Waals surface area (Å²) in [7, 11) is 0. The molecule has 0 amide bonds. The summed E-state index contributed by atoms with van der Waals surface area (Å²) in [4.78, 5) is 4.37. The molecule has 1 N–H and O–H groups in total. The molecule has 19 heavy (non-hydrogen) atoms. The van der Waals surface area contributed by atoms with Gasteiger partial charge in [0.2, 0.25) is 11.7 Å². The van der Waals surface area contributed by atoms with E-state index < -0.39 is 6.10 Å². The number of benzene rings is 1. The number of hydrogen-bond acceptors (Lipinski definition) is 4. The monoisotopic (exact) mass is 280 g/mol. The number of aliphatic hydroxyl groups is 1. The SMILES string of the molecule is CC(C)C(c1nc(-c2cccc(Cl)c2)no1)C(C)O. The molecule has 102 valence electrons. The summed E-state index contributed by atoms with van der Waals surface area (Å²) >= 11 is 5.94. The van der Waals surface area contributed by atoms with Gasteiger partial charge in [0, 0.05) is 10.6 Å². The van der Waals surface area contributed by atoms with E-state index in [9.17, 15) is 5.11 Å². The Morgan fingerprint density at radius 2 is 2.00 bits per heavy atom. The molecule has 0 aliphatic heterocycles. The van der Waals surface area contributed by atoms with Crippen LogP contribution >= 0.6 is 11.6 Å². The van der Waals surface area contributed by atoms with E-state index in [0.29, 0.717) is 16.7 Å². The molecule has 0 fully saturated rings. The van der Waals surface area contributed by atoms with Crippen LogP contribution < -0.4 is 0 Å². The Kier molecular flexibility index (Phi) is 4.22. The second-order valence-corrected chi connectivity index (χ2v) is 5.41. The van der Waals surface area contributed by atoms with Crippen LogP contribution in [0.3, 0.4) is 0 Å². The normalized spacial score (nSPS) is 14.6. The molecule has 2 rings (SSSR count). The average Bonchev–Trinajstić information content (AvgIpc) is 2.77. The second-order valence-electron chi connectivity index (χ2n) is 4.98. The third-order valence-corrected chi connectivity index (χ3v) is 3.28. The summed E-state index contributed by atoms with van der Waals surface area (Å²) in [5, 5.41) is 14.4. The van der Waals surface area contributed by atoms with Crippen molar-refractivity contribution in [3.05, 3.63) is 35.2 Å². The summed E-state index contributed by atoms with van der Waals surface area (Å²) in [5.41, 5.74) is 0.801. The lowest BCUT2D eigenvalue weighted by Gasteiger charge is -2.19. The van der Waals surface area contributed by atoms with Crippen LogP contribution in [-0.2, 0) is 0 Å². The molecule has 1 heterocycles. The van der Waals surface area contributed by atoms with Crippen molar-refractivity contribution in [1.82, 2.24) is 10.1 Å². The molecule has 5 heteroatoms. The maximum atomic E-state index is 9.81. The molecule has 4 nitrogen and oxygen atoms in total. The van der Waals surface area contributed by atoms with Crippen molar-refractivity contribution >= 4 is 11.6 Å². The number of nitrogens with zero attached hydrogens (tertiary/aromatic N) is 2. The van der Waals surface area contributed by atoms with Gasteiger partial charge in [0.05, 0.1) is 12.0 Å². The van der Waals surface area contributed by atoms with E-state index in [4.69, 9.17) is 16.1 Å². The minimum Gasteiger partial charge on any atom is -0.393 e. The van der Waals surface area contributed by atoms with Crippen LogP contribution in [0.5, 0.6) is 0 Å². The zero-order chi connectivity index (χ0) is 14.0. The molecular formula is C14H17ClN2O2. The Morgan fingerprint density at radius 1 is 1.26 bits per heavy atom. The Labute approximate surface area is 117 Å². The first-order chi connectivity index (χ1) is 8.99. The highest BCUT2D eigenvalue weighted by atomic mass is 35.5. The highest BCUT2D eigenvalue weighted by Crippen LogP contribution is 2.28. The summed E-state index contributed by atoms with van der Waals surface area (Å²) < 4.78 is 5.28. The van der Waals surface area contributed by atoms with Gasteiger partial charge in [-0.25, -0.2) is 0 Å². The molecule has 0 radical (unpaired) electrons. The minimum atomic E-state index is -0.535. The molecule has 2 atom stereocenters. The summed E-state index contributed by atoms with van der Waals surface area (Å²) in [6.07, 6.45) is -0.535. The maximum Gasteiger partial charge on any atom is 0.232 e. The minimum absolute atomic E-state index is 0.166. The lowest BCUT2D eigenvalue weighted by atomic mass is 9.91. The van der Waals surface area contributed by atoms with E-state index in [0.717, 1.165) is 5.56 Å². The molecule has 0 bridgehead atoms. The highest BCUT2D eigenvalue weighted by Gasteiger charge is 2.27. The van der Waals surface area contributed by atoms with E-state index in [1.807, 2.05) is 26.0 Å². The summed E-state index contributed by atoms with van der Waals surface area (Å²) in [6.45, 7) is 5.76. The van der Waals surface area contributed by atoms with Crippen molar-refractivity contribution in [2.75, 3.05) is 0 Å². The van der Waals surface area contributed by atoms with E-state index in [2.05, 4.69) is 10.1 Å². The molecule has 0 saturated heterocycles. The Morgan fingerprint density at radius 3 is 2.58 bits per heavy atom. The Balaban J connectivity index is 2.33. The van der Waals surface area contributed by atoms with Crippen molar-refractivity contribution in [3.8, 4) is 11.4 Å². The summed E-state index contributed by atoms with van der Waals surface area (Å²) in [6, 6.07) is 7.28. The summed E-state index contributed by atoms with van der Waals surface area (Å²) in [5.74, 6) is 0.997. The molecule has 1 aromatic carbocycles. The van der Waals surface area contributed by atoms with E-state index in [1.54, 1.807) is 19.1 Å². The third-order valence-electron chi connectivity index (χ3n) is 3.05. The smallest absolute Gasteiger partial charge is 0.232 e. The van der Waals surface area contributed by atoms with Crippen LogP contribution in [-0.4, -0.2) is 21.4 Å². The first-order valence-corrected chi connectivity index (χ1v) is 6.64. The van der Waals surface area contributed by atoms with Crippen molar-refractivity contribution in [3.63, 3.8) is 0 Å². The molecular weight excluding hydrogens is 264 g/mol. The van der Waals surface area contributed by atoms with Gasteiger partial charge in [-0.05, 0) is 25.0 Å². The van der Waals surface area contributed by atoms with Crippen LogP contribution in [0, 0.1) is 5.92 Å². The van der Waals surface area contributed by atoms with Crippen molar-refractivity contribution in [1.29, 1.82) is 0 Å². The van der Waals surface area contributed by atoms with Gasteiger partial charge in [0.25, 0.3) is 0 Å². The molecule has 0 saturated carbocycles. The molecule has 0 aliphatic rings. The molecule has 2 unspecified atom stereocenters. The zero-order valence-corrected chi connectivity index (χ0v) is 11.9. The fourth-order valence-electron chi connectivity index (χ4n) is 2.16. The first kappa shape index (κ1) is 14.0. The van der Waals surface area contributed by atoms with Gasteiger partial charge in [-0.15, -0.1) is 0 Å². The lowest BCUT2D eigenvalue weighted by molar-refractivity contribution is 0.120. The van der Waals surface area contributed by atoms with Gasteiger partial charge in [0.15, 0.2) is 0 Å². The van der Waals surface area contributed by atoms with Gasteiger partial charge in [-0.1, -0.05) is 42.7 Å². The largest absolute Gasteiger partial charge is 0.393 e. The fourth-order valence-corrected chi connectivity index (χ4v) is 2.35. The van der Waals surface area contributed by atoms with E-state index >= 15 is 0 Å². The Bertz CT molecular complexity index is 544. The number of rotatable bonds is 4. The van der Waals surface area contributed by atoms with E-state index in [1.165, 1.54) is 0 Å². The lowest BCUT2D eigenvalue weighted by Crippen LogP contribution is -2.20. The number of aromatic nitrogens is 2. The van der Waals surface area contributed by atoms with Crippen molar-refractivity contribution < 1.29 is 9.63 Å². The fraction of sp³-hybridized carbons (Fsp3) is 0.429. The standard InChI is InChI=1S/C14H17ClN2O2/c1-8(2)12(9(3)18)14-16-13(17-19-14)10-5-4-6-11(15)7-10/h4-9,12,18H,1-3H3. The van der Waals surface area contributed by atoms with Crippen LogP contribution in [0.15, 0.2) is 28.8 Å². The van der Waals surface area contributed by atoms with Gasteiger partial charge in [-0.2, -0.15) is 4.98 Å². The average molecular weight is 281 g/mol. The highest BCUT2D eigenvalue weighted by molar-refractivity contribution is 6.30. The maximum absolute atomic E-state index is 9.81. The number of hydrogen-bond donors (Lipinski definition) is 1. The van der Waals surface area contributed by atoms with Gasteiger partial charge < -0.3 is 9.63 Å². The molecule has 0 spiro atoms. The first-order valence-electron chi connectivity index (χ1n) is 6.26. The molecule has 1 aromatic heterocycles. The topological polar surface area (TPSA) is 59.2 Å². The second kappa shape index (κ2) is 5.72. The van der Waals surface area contributed by atoms with Gasteiger partial charge in [-0.3, -0.25) is 0 Å². The molecule has 2 aromatic rings. The predicted octanol–water partition coefficient (Wildman–Crippen LogP) is 3.51. The van der Waals surface area contributed by atoms with Crippen LogP contribution in [0.25, 0.3) is 11.4 Å². The van der Waals surface area contributed by atoms with Gasteiger partial charge >= 0.3 is 0 Å². The quantitative estimate of drug-likeness (QED) is 0.931. The van der Waals surface area contributed by atoms with Crippen molar-refractivity contribution in [2.24, 2.45) is 5.92 Å².